The van der Waals surface area contributed by atoms with Crippen LogP contribution in [0, 0.1) is 6.92 Å². The van der Waals surface area contributed by atoms with Crippen molar-refractivity contribution >= 4 is 0 Å². The van der Waals surface area contributed by atoms with Gasteiger partial charge in [0.1, 0.15) is 0 Å². The van der Waals surface area contributed by atoms with Crippen molar-refractivity contribution < 1.29 is 0 Å². The largest absolute Gasteiger partial charge is 0.314 e. The number of aryl methyl sites for hydroxylation is 1. The monoisotopic (exact) mass is 261 g/mol. The number of hydrogen-bond acceptors (Lipinski definition) is 0. The predicted octanol–water partition coefficient (Wildman–Crippen LogP) is 5.02. The fraction of sp³-hybridized carbons (Fsp3) is 0.158. The van der Waals surface area contributed by atoms with E-state index in [0.717, 1.165) is 6.42 Å². The van der Waals surface area contributed by atoms with E-state index in [9.17, 15) is 0 Å². The summed E-state index contributed by atoms with van der Waals surface area (Å²) in [6.45, 7) is 4.42. The Morgan fingerprint density at radius 1 is 0.850 bits per heavy atom. The first-order valence-electron chi connectivity index (χ1n) is 7.13. The molecule has 0 saturated carbocycles. The second kappa shape index (κ2) is 5.38. The van der Waals surface area contributed by atoms with Crippen LogP contribution < -0.4 is 0 Å². The molecule has 0 fully saturated rings. The van der Waals surface area contributed by atoms with Gasteiger partial charge in [0.15, 0.2) is 0 Å². The first-order chi connectivity index (χ1) is 9.81. The van der Waals surface area contributed by atoms with Crippen molar-refractivity contribution in [1.29, 1.82) is 0 Å². The molecule has 1 aromatic heterocycles. The molecule has 0 amide bonds. The molecule has 3 aromatic rings. The highest BCUT2D eigenvalue weighted by Crippen LogP contribution is 2.29. The third-order valence-corrected chi connectivity index (χ3v) is 3.82. The van der Waals surface area contributed by atoms with Crippen molar-refractivity contribution in [1.82, 2.24) is 4.57 Å². The molecule has 20 heavy (non-hydrogen) atoms. The zero-order chi connectivity index (χ0) is 13.9. The van der Waals surface area contributed by atoms with E-state index < -0.39 is 0 Å². The Kier molecular flexibility index (Phi) is 3.42. The molecule has 0 unspecified atom stereocenters. The molecule has 0 N–H and O–H groups in total. The fourth-order valence-electron chi connectivity index (χ4n) is 2.75. The van der Waals surface area contributed by atoms with Gasteiger partial charge in [0, 0.05) is 11.4 Å². The summed E-state index contributed by atoms with van der Waals surface area (Å²) in [5, 5.41) is 0. The Hall–Kier alpha value is -2.28. The minimum Gasteiger partial charge on any atom is -0.314 e. The highest BCUT2D eigenvalue weighted by atomic mass is 15.0. The van der Waals surface area contributed by atoms with Crippen molar-refractivity contribution in [2.75, 3.05) is 0 Å². The molecule has 1 nitrogen and oxygen atoms in total. The third kappa shape index (κ3) is 2.16. The van der Waals surface area contributed by atoms with Gasteiger partial charge in [-0.25, -0.2) is 0 Å². The van der Waals surface area contributed by atoms with Crippen molar-refractivity contribution in [2.45, 2.75) is 20.3 Å². The summed E-state index contributed by atoms with van der Waals surface area (Å²) in [5.41, 5.74) is 6.50. The lowest BCUT2D eigenvalue weighted by molar-refractivity contribution is 0.990. The van der Waals surface area contributed by atoms with Crippen LogP contribution in [-0.4, -0.2) is 4.57 Å². The van der Waals surface area contributed by atoms with Crippen LogP contribution in [0.2, 0.25) is 0 Å². The molecule has 0 atom stereocenters. The summed E-state index contributed by atoms with van der Waals surface area (Å²) in [4.78, 5) is 0. The van der Waals surface area contributed by atoms with E-state index in [-0.39, 0.29) is 0 Å². The first-order valence-corrected chi connectivity index (χ1v) is 7.13. The predicted molar refractivity (Wildman–Crippen MR) is 85.3 cm³/mol. The van der Waals surface area contributed by atoms with Crippen LogP contribution in [0.15, 0.2) is 66.7 Å². The van der Waals surface area contributed by atoms with E-state index in [2.05, 4.69) is 85.1 Å². The van der Waals surface area contributed by atoms with Gasteiger partial charge in [-0.1, -0.05) is 55.5 Å². The summed E-state index contributed by atoms with van der Waals surface area (Å²) in [5.74, 6) is 0. The summed E-state index contributed by atoms with van der Waals surface area (Å²) in [6, 6.07) is 23.5. The standard InChI is InChI=1S/C19H19N/c1-3-16-14-19(17-10-6-4-7-11-17)20(15(16)2)18-12-8-5-9-13-18/h4-14H,3H2,1-2H3. The van der Waals surface area contributed by atoms with Crippen LogP contribution in [0.4, 0.5) is 0 Å². The number of para-hydroxylation sites is 1. The summed E-state index contributed by atoms with van der Waals surface area (Å²) >= 11 is 0. The molecule has 100 valence electrons. The molecule has 1 heterocycles. The Bertz CT molecular complexity index is 693. The zero-order valence-electron chi connectivity index (χ0n) is 12.0. The molecule has 0 aliphatic rings. The van der Waals surface area contributed by atoms with Gasteiger partial charge in [0.2, 0.25) is 0 Å². The highest BCUT2D eigenvalue weighted by molar-refractivity contribution is 5.65. The zero-order valence-corrected chi connectivity index (χ0v) is 12.0. The molecule has 0 spiro atoms. The van der Waals surface area contributed by atoms with E-state index in [0.29, 0.717) is 0 Å². The van der Waals surface area contributed by atoms with Gasteiger partial charge in [-0.3, -0.25) is 0 Å². The highest BCUT2D eigenvalue weighted by Gasteiger charge is 2.13. The second-order valence-corrected chi connectivity index (χ2v) is 5.03. The van der Waals surface area contributed by atoms with Gasteiger partial charge in [0.05, 0.1) is 5.69 Å². The molecule has 2 aromatic carbocycles. The number of rotatable bonds is 3. The number of hydrogen-bond donors (Lipinski definition) is 0. The Morgan fingerprint density at radius 3 is 2.05 bits per heavy atom. The molecule has 0 bridgehead atoms. The van der Waals surface area contributed by atoms with Crippen LogP contribution in [-0.2, 0) is 6.42 Å². The Morgan fingerprint density at radius 2 is 1.45 bits per heavy atom. The maximum absolute atomic E-state index is 2.36. The van der Waals surface area contributed by atoms with Gasteiger partial charge in [-0.2, -0.15) is 0 Å². The molecule has 0 aliphatic carbocycles. The number of benzene rings is 2. The maximum atomic E-state index is 2.36. The normalized spacial score (nSPS) is 10.7. The summed E-state index contributed by atoms with van der Waals surface area (Å²) in [7, 11) is 0. The lowest BCUT2D eigenvalue weighted by Gasteiger charge is -2.12. The molecular weight excluding hydrogens is 242 g/mol. The molecule has 3 rings (SSSR count). The summed E-state index contributed by atoms with van der Waals surface area (Å²) in [6.07, 6.45) is 1.06. The van der Waals surface area contributed by atoms with Crippen LogP contribution in [0.3, 0.4) is 0 Å². The SMILES string of the molecule is CCc1cc(-c2ccccc2)n(-c2ccccc2)c1C. The molecule has 0 saturated heterocycles. The molecule has 1 heteroatoms. The van der Waals surface area contributed by atoms with Gasteiger partial charge >= 0.3 is 0 Å². The third-order valence-electron chi connectivity index (χ3n) is 3.82. The second-order valence-electron chi connectivity index (χ2n) is 5.03. The van der Waals surface area contributed by atoms with E-state index >= 15 is 0 Å². The van der Waals surface area contributed by atoms with Crippen LogP contribution >= 0.6 is 0 Å². The maximum Gasteiger partial charge on any atom is 0.0534 e. The lowest BCUT2D eigenvalue weighted by Crippen LogP contribution is -1.99. The summed E-state index contributed by atoms with van der Waals surface area (Å²) < 4.78 is 2.36. The number of nitrogens with zero attached hydrogens (tertiary/aromatic N) is 1. The van der Waals surface area contributed by atoms with Gasteiger partial charge in [-0.05, 0) is 42.7 Å². The van der Waals surface area contributed by atoms with E-state index in [1.54, 1.807) is 0 Å². The lowest BCUT2D eigenvalue weighted by atomic mass is 10.1. The average Bonchev–Trinajstić information content (AvgIpc) is 2.86. The van der Waals surface area contributed by atoms with E-state index in [1.807, 2.05) is 0 Å². The van der Waals surface area contributed by atoms with Crippen LogP contribution in [0.5, 0.6) is 0 Å². The molecule has 0 radical (unpaired) electrons. The Labute approximate surface area is 120 Å². The van der Waals surface area contributed by atoms with Gasteiger partial charge in [-0.15, -0.1) is 0 Å². The molecular formula is C19H19N. The van der Waals surface area contributed by atoms with Crippen LogP contribution in [0.25, 0.3) is 16.9 Å². The van der Waals surface area contributed by atoms with Crippen molar-refractivity contribution in [3.05, 3.63) is 78.0 Å². The van der Waals surface area contributed by atoms with Crippen molar-refractivity contribution in [2.24, 2.45) is 0 Å². The Balaban J connectivity index is 2.25. The van der Waals surface area contributed by atoms with E-state index in [4.69, 9.17) is 0 Å². The van der Waals surface area contributed by atoms with Gasteiger partial charge < -0.3 is 4.57 Å². The van der Waals surface area contributed by atoms with Crippen LogP contribution in [0.1, 0.15) is 18.2 Å². The van der Waals surface area contributed by atoms with Crippen molar-refractivity contribution in [3.63, 3.8) is 0 Å². The fourth-order valence-corrected chi connectivity index (χ4v) is 2.75. The molecule has 0 aliphatic heterocycles. The van der Waals surface area contributed by atoms with Gasteiger partial charge in [0.25, 0.3) is 0 Å². The first kappa shape index (κ1) is 12.7. The smallest absolute Gasteiger partial charge is 0.0534 e. The number of aromatic nitrogens is 1. The topological polar surface area (TPSA) is 4.93 Å². The van der Waals surface area contributed by atoms with E-state index in [1.165, 1.54) is 28.2 Å². The quantitative estimate of drug-likeness (QED) is 0.624. The minimum absolute atomic E-state index is 1.06. The van der Waals surface area contributed by atoms with Crippen molar-refractivity contribution in [3.8, 4) is 16.9 Å². The average molecular weight is 261 g/mol. The minimum atomic E-state index is 1.06.